The van der Waals surface area contributed by atoms with Crippen molar-refractivity contribution in [1.29, 1.82) is 5.26 Å². The van der Waals surface area contributed by atoms with Gasteiger partial charge >= 0.3 is 10.1 Å². The van der Waals surface area contributed by atoms with Crippen LogP contribution in [0.3, 0.4) is 0 Å². The second-order valence-electron chi connectivity index (χ2n) is 9.62. The number of benzene rings is 2. The van der Waals surface area contributed by atoms with Crippen molar-refractivity contribution in [3.63, 3.8) is 0 Å². The summed E-state index contributed by atoms with van der Waals surface area (Å²) in [5, 5.41) is 10.5. The highest BCUT2D eigenvalue weighted by Gasteiger charge is 2.32. The van der Waals surface area contributed by atoms with E-state index < -0.39 is 10.1 Å². The highest BCUT2D eigenvalue weighted by atomic mass is 32.2. The van der Waals surface area contributed by atoms with E-state index >= 15 is 0 Å². The monoisotopic (exact) mass is 508 g/mol. The van der Waals surface area contributed by atoms with Crippen molar-refractivity contribution in [3.8, 4) is 17.6 Å². The molecule has 8 heteroatoms. The molecule has 0 saturated heterocycles. The molecule has 3 aromatic rings. The standard InChI is InChI=1S/C27H28N2O4S2/c1-27(2,3)19-11-12-21-22(16-28)26(34-25(21)15-19)29-17-18-10-13-23(24(14-18)32-4)33-35(30,31)20-8-6-5-7-9-20/h5-10,13-14,17,19H,11-12,15H2,1-4H3/t19-/m0/s1. The van der Waals surface area contributed by atoms with Crippen LogP contribution in [0, 0.1) is 22.7 Å². The Kier molecular flexibility index (Phi) is 7.02. The molecule has 1 aliphatic carbocycles. The Balaban J connectivity index is 1.58. The van der Waals surface area contributed by atoms with Crippen LogP contribution in [0.15, 0.2) is 58.4 Å². The number of nitriles is 1. The van der Waals surface area contributed by atoms with Crippen LogP contribution in [0.5, 0.6) is 11.5 Å². The first-order chi connectivity index (χ1) is 16.6. The van der Waals surface area contributed by atoms with Gasteiger partial charge in [0.25, 0.3) is 0 Å². The summed E-state index contributed by atoms with van der Waals surface area (Å²) in [6.07, 6.45) is 4.62. The predicted octanol–water partition coefficient (Wildman–Crippen LogP) is 6.30. The molecule has 0 amide bonds. The predicted molar refractivity (Wildman–Crippen MR) is 139 cm³/mol. The van der Waals surface area contributed by atoms with Gasteiger partial charge in [0.1, 0.15) is 16.0 Å². The molecular formula is C27H28N2O4S2. The molecule has 0 N–H and O–H groups in total. The lowest BCUT2D eigenvalue weighted by atomic mass is 9.72. The first-order valence-corrected chi connectivity index (χ1v) is 13.6. The topological polar surface area (TPSA) is 88.8 Å². The zero-order valence-corrected chi connectivity index (χ0v) is 21.9. The molecule has 0 radical (unpaired) electrons. The quantitative estimate of drug-likeness (QED) is 0.288. The largest absolute Gasteiger partial charge is 0.493 e. The fourth-order valence-corrected chi connectivity index (χ4v) is 6.42. The average molecular weight is 509 g/mol. The molecule has 2 aromatic carbocycles. The maximum Gasteiger partial charge on any atom is 0.339 e. The zero-order valence-electron chi connectivity index (χ0n) is 20.2. The number of hydrogen-bond donors (Lipinski definition) is 0. The Morgan fingerprint density at radius 3 is 2.54 bits per heavy atom. The number of fused-ring (bicyclic) bond motifs is 1. The maximum absolute atomic E-state index is 12.6. The highest BCUT2D eigenvalue weighted by molar-refractivity contribution is 7.87. The van der Waals surface area contributed by atoms with E-state index in [9.17, 15) is 13.7 Å². The van der Waals surface area contributed by atoms with Gasteiger partial charge < -0.3 is 8.92 Å². The van der Waals surface area contributed by atoms with Gasteiger partial charge in [0.2, 0.25) is 0 Å². The van der Waals surface area contributed by atoms with Crippen molar-refractivity contribution in [2.24, 2.45) is 16.3 Å². The number of thiophene rings is 1. The third-order valence-electron chi connectivity index (χ3n) is 6.33. The van der Waals surface area contributed by atoms with Gasteiger partial charge in [-0.25, -0.2) is 4.99 Å². The van der Waals surface area contributed by atoms with Crippen molar-refractivity contribution < 1.29 is 17.3 Å². The lowest BCUT2D eigenvalue weighted by molar-refractivity contribution is 0.218. The van der Waals surface area contributed by atoms with Crippen LogP contribution in [-0.4, -0.2) is 21.7 Å². The van der Waals surface area contributed by atoms with Crippen LogP contribution in [0.25, 0.3) is 0 Å². The summed E-state index contributed by atoms with van der Waals surface area (Å²) < 4.78 is 35.9. The third-order valence-corrected chi connectivity index (χ3v) is 8.74. The first kappa shape index (κ1) is 25.0. The minimum atomic E-state index is -3.99. The summed E-state index contributed by atoms with van der Waals surface area (Å²) in [5.41, 5.74) is 2.73. The summed E-state index contributed by atoms with van der Waals surface area (Å²) in [5.74, 6) is 0.944. The molecule has 0 aliphatic heterocycles. The molecule has 35 heavy (non-hydrogen) atoms. The Hall–Kier alpha value is -3.15. The molecule has 0 saturated carbocycles. The fourth-order valence-electron chi connectivity index (χ4n) is 4.24. The molecule has 6 nitrogen and oxygen atoms in total. The van der Waals surface area contributed by atoms with E-state index in [4.69, 9.17) is 8.92 Å². The van der Waals surface area contributed by atoms with Crippen LogP contribution in [0.4, 0.5) is 5.00 Å². The SMILES string of the molecule is COc1cc(C=Nc2sc3c(c2C#N)CC[C@H](C(C)(C)C)C3)ccc1OS(=O)(=O)c1ccccc1. The molecule has 0 bridgehead atoms. The van der Waals surface area contributed by atoms with Crippen LogP contribution in [-0.2, 0) is 23.0 Å². The minimum Gasteiger partial charge on any atom is -0.493 e. The molecule has 1 aliphatic rings. The molecule has 0 spiro atoms. The van der Waals surface area contributed by atoms with Gasteiger partial charge in [-0.1, -0.05) is 39.0 Å². The van der Waals surface area contributed by atoms with Crippen molar-refractivity contribution in [2.75, 3.05) is 7.11 Å². The molecule has 1 atom stereocenters. The number of nitrogens with zero attached hydrogens (tertiary/aromatic N) is 2. The van der Waals surface area contributed by atoms with E-state index in [2.05, 4.69) is 31.8 Å². The van der Waals surface area contributed by atoms with Crippen molar-refractivity contribution in [2.45, 2.75) is 44.9 Å². The van der Waals surface area contributed by atoms with Gasteiger partial charge in [-0.05, 0) is 72.1 Å². The van der Waals surface area contributed by atoms with E-state index in [0.717, 1.165) is 24.8 Å². The van der Waals surface area contributed by atoms with Crippen LogP contribution >= 0.6 is 11.3 Å². The summed E-state index contributed by atoms with van der Waals surface area (Å²) in [6, 6.07) is 15.2. The van der Waals surface area contributed by atoms with Crippen molar-refractivity contribution in [1.82, 2.24) is 0 Å². The Bertz CT molecular complexity index is 1400. The second kappa shape index (κ2) is 9.84. The van der Waals surface area contributed by atoms with Gasteiger partial charge in [-0.2, -0.15) is 13.7 Å². The molecule has 1 heterocycles. The number of rotatable bonds is 6. The molecule has 4 rings (SSSR count). The van der Waals surface area contributed by atoms with E-state index in [-0.39, 0.29) is 21.8 Å². The van der Waals surface area contributed by atoms with E-state index in [0.29, 0.717) is 22.0 Å². The third kappa shape index (κ3) is 5.42. The minimum absolute atomic E-state index is 0.0621. The van der Waals surface area contributed by atoms with E-state index in [1.807, 2.05) is 0 Å². The summed E-state index contributed by atoms with van der Waals surface area (Å²) in [7, 11) is -2.54. The number of aliphatic imine (C=N–C) groups is 1. The Labute approximate surface area is 211 Å². The van der Waals surface area contributed by atoms with Gasteiger partial charge in [-0.15, -0.1) is 11.3 Å². The Morgan fingerprint density at radius 2 is 1.89 bits per heavy atom. The lowest BCUT2D eigenvalue weighted by Crippen LogP contribution is -2.26. The van der Waals surface area contributed by atoms with E-state index in [1.165, 1.54) is 24.1 Å². The zero-order chi connectivity index (χ0) is 25.2. The molecular weight excluding hydrogens is 480 g/mol. The molecule has 0 fully saturated rings. The Morgan fingerprint density at radius 1 is 1.14 bits per heavy atom. The molecule has 0 unspecified atom stereocenters. The maximum atomic E-state index is 12.6. The van der Waals surface area contributed by atoms with Crippen LogP contribution in [0.1, 0.15) is 48.8 Å². The van der Waals surface area contributed by atoms with E-state index in [1.54, 1.807) is 53.9 Å². The van der Waals surface area contributed by atoms with Gasteiger partial charge in [-0.3, -0.25) is 0 Å². The van der Waals surface area contributed by atoms with Crippen molar-refractivity contribution in [3.05, 3.63) is 70.1 Å². The summed E-state index contributed by atoms with van der Waals surface area (Å²) in [4.78, 5) is 5.94. The summed E-state index contributed by atoms with van der Waals surface area (Å²) in [6.45, 7) is 6.81. The second-order valence-corrected chi connectivity index (χ2v) is 12.3. The highest BCUT2D eigenvalue weighted by Crippen LogP contribution is 2.45. The number of hydrogen-bond acceptors (Lipinski definition) is 7. The van der Waals surface area contributed by atoms with Gasteiger partial charge in [0.05, 0.1) is 12.7 Å². The normalized spacial score (nSPS) is 16.0. The van der Waals surface area contributed by atoms with Crippen molar-refractivity contribution >= 4 is 32.7 Å². The summed E-state index contributed by atoms with van der Waals surface area (Å²) >= 11 is 1.59. The number of ether oxygens (including phenoxy) is 1. The van der Waals surface area contributed by atoms with Crippen LogP contribution in [0.2, 0.25) is 0 Å². The molecule has 1 aromatic heterocycles. The average Bonchev–Trinajstić information content (AvgIpc) is 3.20. The van der Waals surface area contributed by atoms with Crippen LogP contribution < -0.4 is 8.92 Å². The van der Waals surface area contributed by atoms with Gasteiger partial charge in [0, 0.05) is 11.1 Å². The number of methoxy groups -OCH3 is 1. The van der Waals surface area contributed by atoms with Gasteiger partial charge in [0.15, 0.2) is 11.5 Å². The molecule has 182 valence electrons. The lowest BCUT2D eigenvalue weighted by Gasteiger charge is -2.33. The first-order valence-electron chi connectivity index (χ1n) is 11.4. The smallest absolute Gasteiger partial charge is 0.339 e. The fraction of sp³-hybridized carbons (Fsp3) is 0.333.